The second kappa shape index (κ2) is 5.32. The van der Waals surface area contributed by atoms with E-state index in [-0.39, 0.29) is 5.41 Å². The summed E-state index contributed by atoms with van der Waals surface area (Å²) in [6, 6.07) is 4.33. The Kier molecular flexibility index (Phi) is 4.08. The number of rotatable bonds is 5. The molecular formula is C12H16N4. The van der Waals surface area contributed by atoms with Crippen LogP contribution in [0.5, 0.6) is 0 Å². The maximum Gasteiger partial charge on any atom is 0.212 e. The highest BCUT2D eigenvalue weighted by Gasteiger charge is 2.15. The minimum Gasteiger partial charge on any atom is -0.323 e. The lowest BCUT2D eigenvalue weighted by atomic mass is 9.89. The highest BCUT2D eigenvalue weighted by Crippen LogP contribution is 2.21. The van der Waals surface area contributed by atoms with Crippen LogP contribution in [0.4, 0.5) is 0 Å². The van der Waals surface area contributed by atoms with Gasteiger partial charge in [0.25, 0.3) is 0 Å². The van der Waals surface area contributed by atoms with Crippen LogP contribution >= 0.6 is 0 Å². The predicted octanol–water partition coefficient (Wildman–Crippen LogP) is 2.47. The highest BCUT2D eigenvalue weighted by molar-refractivity contribution is 5.10. The van der Waals surface area contributed by atoms with Gasteiger partial charge in [-0.25, -0.2) is 4.98 Å². The quantitative estimate of drug-likeness (QED) is 0.710. The monoisotopic (exact) mass is 216 g/mol. The smallest absolute Gasteiger partial charge is 0.212 e. The van der Waals surface area contributed by atoms with Crippen LogP contribution in [0.3, 0.4) is 0 Å². The van der Waals surface area contributed by atoms with Crippen LogP contribution in [0.15, 0.2) is 12.4 Å². The van der Waals surface area contributed by atoms with E-state index in [2.05, 4.69) is 11.1 Å². The third-order valence-electron chi connectivity index (χ3n) is 2.57. The first-order valence-electron chi connectivity index (χ1n) is 5.41. The molecule has 1 heterocycles. The average molecular weight is 216 g/mol. The number of aryl methyl sites for hydroxylation is 1. The van der Waals surface area contributed by atoms with E-state index < -0.39 is 0 Å². The molecule has 16 heavy (non-hydrogen) atoms. The molecular weight excluding hydrogens is 200 g/mol. The molecule has 84 valence electrons. The van der Waals surface area contributed by atoms with E-state index in [1.807, 2.05) is 30.7 Å². The average Bonchev–Trinajstić information content (AvgIpc) is 2.72. The summed E-state index contributed by atoms with van der Waals surface area (Å²) in [5, 5.41) is 17.6. The lowest BCUT2D eigenvalue weighted by Crippen LogP contribution is -2.08. The first kappa shape index (κ1) is 12.3. The molecule has 0 bridgehead atoms. The Morgan fingerprint density at radius 1 is 1.38 bits per heavy atom. The Morgan fingerprint density at radius 2 is 2.12 bits per heavy atom. The van der Waals surface area contributed by atoms with Crippen molar-refractivity contribution in [3.63, 3.8) is 0 Å². The van der Waals surface area contributed by atoms with Crippen LogP contribution in [-0.2, 0) is 6.54 Å². The van der Waals surface area contributed by atoms with Gasteiger partial charge in [0.1, 0.15) is 6.07 Å². The molecule has 0 saturated carbocycles. The first-order valence-corrected chi connectivity index (χ1v) is 5.41. The third kappa shape index (κ3) is 3.40. The zero-order valence-corrected chi connectivity index (χ0v) is 9.77. The largest absolute Gasteiger partial charge is 0.323 e. The summed E-state index contributed by atoms with van der Waals surface area (Å²) >= 11 is 0. The molecule has 0 aliphatic carbocycles. The van der Waals surface area contributed by atoms with Crippen molar-refractivity contribution in [1.29, 1.82) is 10.5 Å². The topological polar surface area (TPSA) is 65.4 Å². The van der Waals surface area contributed by atoms with E-state index in [0.717, 1.165) is 25.8 Å². The molecule has 0 saturated heterocycles. The Morgan fingerprint density at radius 3 is 2.75 bits per heavy atom. The number of nitrogens with zero attached hydrogens (tertiary/aromatic N) is 4. The van der Waals surface area contributed by atoms with Gasteiger partial charge in [0, 0.05) is 18.9 Å². The van der Waals surface area contributed by atoms with Crippen molar-refractivity contribution in [3.8, 4) is 12.1 Å². The Balaban J connectivity index is 2.33. The summed E-state index contributed by atoms with van der Waals surface area (Å²) < 4.78 is 1.85. The molecule has 4 heteroatoms. The van der Waals surface area contributed by atoms with Crippen molar-refractivity contribution in [2.45, 2.75) is 39.7 Å². The molecule has 0 atom stereocenters. The van der Waals surface area contributed by atoms with Crippen LogP contribution in [0.1, 0.15) is 38.9 Å². The van der Waals surface area contributed by atoms with E-state index in [4.69, 9.17) is 10.5 Å². The number of hydrogen-bond acceptors (Lipinski definition) is 3. The van der Waals surface area contributed by atoms with Crippen LogP contribution in [-0.4, -0.2) is 9.55 Å². The van der Waals surface area contributed by atoms with Gasteiger partial charge in [0.05, 0.1) is 11.5 Å². The Hall–Kier alpha value is -1.81. The lowest BCUT2D eigenvalue weighted by Gasteiger charge is -2.14. The maximum atomic E-state index is 8.85. The van der Waals surface area contributed by atoms with E-state index in [1.54, 1.807) is 6.20 Å². The Labute approximate surface area is 96.1 Å². The van der Waals surface area contributed by atoms with Gasteiger partial charge in [-0.3, -0.25) is 0 Å². The van der Waals surface area contributed by atoms with Gasteiger partial charge in [0.2, 0.25) is 5.82 Å². The fourth-order valence-corrected chi connectivity index (χ4v) is 1.51. The maximum absolute atomic E-state index is 8.85. The van der Waals surface area contributed by atoms with Crippen LogP contribution in [0.25, 0.3) is 0 Å². The molecule has 0 aromatic carbocycles. The number of imidazole rings is 1. The van der Waals surface area contributed by atoms with Crippen LogP contribution < -0.4 is 0 Å². The van der Waals surface area contributed by atoms with Crippen molar-refractivity contribution in [2.24, 2.45) is 5.41 Å². The zero-order chi connectivity index (χ0) is 12.0. The SMILES string of the molecule is CC(C)(C#N)CCCCn1ccnc1C#N. The van der Waals surface area contributed by atoms with Gasteiger partial charge in [0.15, 0.2) is 0 Å². The van der Waals surface area contributed by atoms with Crippen molar-refractivity contribution in [2.75, 3.05) is 0 Å². The minimum absolute atomic E-state index is 0.243. The van der Waals surface area contributed by atoms with E-state index in [0.29, 0.717) is 5.82 Å². The van der Waals surface area contributed by atoms with Crippen molar-refractivity contribution < 1.29 is 0 Å². The van der Waals surface area contributed by atoms with Crippen LogP contribution in [0.2, 0.25) is 0 Å². The molecule has 0 radical (unpaired) electrons. The van der Waals surface area contributed by atoms with E-state index in [1.165, 1.54) is 0 Å². The van der Waals surface area contributed by atoms with Gasteiger partial charge < -0.3 is 4.57 Å². The number of hydrogen-bond donors (Lipinski definition) is 0. The van der Waals surface area contributed by atoms with Gasteiger partial charge in [-0.15, -0.1) is 0 Å². The molecule has 0 aliphatic heterocycles. The molecule has 0 N–H and O–H groups in total. The number of aromatic nitrogens is 2. The normalized spacial score (nSPS) is 10.8. The summed E-state index contributed by atoms with van der Waals surface area (Å²) in [6.07, 6.45) is 6.30. The van der Waals surface area contributed by atoms with Crippen LogP contribution in [0, 0.1) is 28.1 Å². The van der Waals surface area contributed by atoms with Crippen molar-refractivity contribution >= 4 is 0 Å². The molecule has 0 amide bonds. The molecule has 0 aliphatic rings. The summed E-state index contributed by atoms with van der Waals surface area (Å²) in [5.74, 6) is 0.458. The lowest BCUT2D eigenvalue weighted by molar-refractivity contribution is 0.416. The Bertz CT molecular complexity index is 417. The summed E-state index contributed by atoms with van der Waals surface area (Å²) in [4.78, 5) is 3.93. The standard InChI is InChI=1S/C12H16N4/c1-12(2,10-14)5-3-4-7-16-8-6-15-11(16)9-13/h6,8H,3-5,7H2,1-2H3. The minimum atomic E-state index is -0.243. The summed E-state index contributed by atoms with van der Waals surface area (Å²) in [7, 11) is 0. The third-order valence-corrected chi connectivity index (χ3v) is 2.57. The summed E-state index contributed by atoms with van der Waals surface area (Å²) in [6.45, 7) is 4.69. The zero-order valence-electron chi connectivity index (χ0n) is 9.77. The number of unbranched alkanes of at least 4 members (excludes halogenated alkanes) is 1. The van der Waals surface area contributed by atoms with Gasteiger partial charge in [-0.05, 0) is 26.7 Å². The molecule has 1 aromatic rings. The van der Waals surface area contributed by atoms with Gasteiger partial charge in [-0.1, -0.05) is 6.42 Å². The van der Waals surface area contributed by atoms with Gasteiger partial charge in [-0.2, -0.15) is 10.5 Å². The van der Waals surface area contributed by atoms with Crippen molar-refractivity contribution in [1.82, 2.24) is 9.55 Å². The predicted molar refractivity (Wildman–Crippen MR) is 60.2 cm³/mol. The highest BCUT2D eigenvalue weighted by atomic mass is 15.1. The molecule has 0 unspecified atom stereocenters. The second-order valence-electron chi connectivity index (χ2n) is 4.51. The number of nitriles is 2. The fourth-order valence-electron chi connectivity index (χ4n) is 1.51. The fraction of sp³-hybridized carbons (Fsp3) is 0.583. The van der Waals surface area contributed by atoms with E-state index >= 15 is 0 Å². The molecule has 0 fully saturated rings. The summed E-state index contributed by atoms with van der Waals surface area (Å²) in [5.41, 5.74) is -0.243. The van der Waals surface area contributed by atoms with E-state index in [9.17, 15) is 0 Å². The molecule has 4 nitrogen and oxygen atoms in total. The molecule has 1 rings (SSSR count). The van der Waals surface area contributed by atoms with Crippen molar-refractivity contribution in [3.05, 3.63) is 18.2 Å². The molecule has 0 spiro atoms. The first-order chi connectivity index (χ1) is 7.59. The van der Waals surface area contributed by atoms with Gasteiger partial charge >= 0.3 is 0 Å². The molecule has 1 aromatic heterocycles. The second-order valence-corrected chi connectivity index (χ2v) is 4.51.